The average Bonchev–Trinajstić information content (AvgIpc) is 2.56. The first-order chi connectivity index (χ1) is 10.3. The number of nitrogens with one attached hydrogen (secondary N) is 1. The lowest BCUT2D eigenvalue weighted by Gasteiger charge is -2.38. The Morgan fingerprint density at radius 1 is 1.24 bits per heavy atom. The molecule has 5 nitrogen and oxygen atoms in total. The number of ether oxygens (including phenoxy) is 1. The summed E-state index contributed by atoms with van der Waals surface area (Å²) in [5.74, 6) is 0.131. The third-order valence-electron chi connectivity index (χ3n) is 4.25. The van der Waals surface area contributed by atoms with Crippen LogP contribution in [0.25, 0.3) is 0 Å². The number of amides is 1. The van der Waals surface area contributed by atoms with Gasteiger partial charge in [0.15, 0.2) is 0 Å². The molecule has 0 saturated carbocycles. The molecule has 0 aliphatic carbocycles. The minimum absolute atomic E-state index is 0.131. The van der Waals surface area contributed by atoms with Crippen LogP contribution >= 0.6 is 0 Å². The van der Waals surface area contributed by atoms with Crippen LogP contribution in [0.5, 0.6) is 0 Å². The fourth-order valence-corrected chi connectivity index (χ4v) is 3.01. The third kappa shape index (κ3) is 3.19. The Bertz CT molecular complexity index is 492. The molecular weight excluding hydrogens is 266 g/mol. The van der Waals surface area contributed by atoms with Gasteiger partial charge in [0.1, 0.15) is 6.10 Å². The summed E-state index contributed by atoms with van der Waals surface area (Å²) in [4.78, 5) is 16.7. The Kier molecular flexibility index (Phi) is 4.41. The largest absolute Gasteiger partial charge is 0.368 e. The van der Waals surface area contributed by atoms with E-state index >= 15 is 0 Å². The highest BCUT2D eigenvalue weighted by Gasteiger charge is 2.29. The lowest BCUT2D eigenvalue weighted by molar-refractivity contribution is -0.145. The van der Waals surface area contributed by atoms with Crippen molar-refractivity contribution in [2.24, 2.45) is 0 Å². The predicted molar refractivity (Wildman–Crippen MR) is 82.6 cm³/mol. The van der Waals surface area contributed by atoms with E-state index in [9.17, 15) is 4.79 Å². The average molecular weight is 289 g/mol. The maximum absolute atomic E-state index is 12.4. The number of morpholine rings is 1. The van der Waals surface area contributed by atoms with Crippen molar-refractivity contribution in [3.05, 3.63) is 29.8 Å². The van der Waals surface area contributed by atoms with Crippen LogP contribution in [0.2, 0.25) is 0 Å². The summed E-state index contributed by atoms with van der Waals surface area (Å²) >= 11 is 0. The Morgan fingerprint density at radius 2 is 2.00 bits per heavy atom. The van der Waals surface area contributed by atoms with Crippen molar-refractivity contribution in [3.63, 3.8) is 0 Å². The molecule has 2 fully saturated rings. The molecule has 114 valence electrons. The Balaban J connectivity index is 1.57. The maximum Gasteiger partial charge on any atom is 0.253 e. The molecule has 0 aromatic heterocycles. The van der Waals surface area contributed by atoms with Gasteiger partial charge in [0, 0.05) is 45.0 Å². The van der Waals surface area contributed by atoms with E-state index < -0.39 is 0 Å². The van der Waals surface area contributed by atoms with Crippen molar-refractivity contribution in [3.8, 4) is 0 Å². The Hall–Kier alpha value is -1.59. The summed E-state index contributed by atoms with van der Waals surface area (Å²) in [7, 11) is 0. The summed E-state index contributed by atoms with van der Waals surface area (Å²) in [5, 5.41) is 3.21. The van der Waals surface area contributed by atoms with E-state index in [4.69, 9.17) is 4.74 Å². The van der Waals surface area contributed by atoms with Crippen LogP contribution in [0.15, 0.2) is 24.3 Å². The molecule has 0 spiro atoms. The molecule has 1 amide bonds. The van der Waals surface area contributed by atoms with E-state index in [0.717, 1.165) is 32.7 Å². The van der Waals surface area contributed by atoms with Gasteiger partial charge in [-0.15, -0.1) is 0 Å². The first-order valence-corrected chi connectivity index (χ1v) is 7.67. The molecule has 1 unspecified atom stereocenters. The maximum atomic E-state index is 12.4. The number of nitrogens with zero attached hydrogens (tertiary/aromatic N) is 2. The molecule has 2 aliphatic rings. The smallest absolute Gasteiger partial charge is 0.253 e. The fraction of sp³-hybridized carbons (Fsp3) is 0.562. The lowest BCUT2D eigenvalue weighted by atomic mass is 10.1. The van der Waals surface area contributed by atoms with Crippen LogP contribution < -0.4 is 10.2 Å². The molecule has 0 bridgehead atoms. The van der Waals surface area contributed by atoms with Gasteiger partial charge >= 0.3 is 0 Å². The van der Waals surface area contributed by atoms with Crippen LogP contribution in [0.4, 0.5) is 5.69 Å². The van der Waals surface area contributed by atoms with Crippen LogP contribution in [0.3, 0.4) is 0 Å². The SMILES string of the molecule is Cc1ccccc1N1CCN(C(=O)C2CNCCO2)CC1. The molecule has 1 aromatic rings. The molecule has 2 saturated heterocycles. The molecule has 21 heavy (non-hydrogen) atoms. The highest BCUT2D eigenvalue weighted by atomic mass is 16.5. The van der Waals surface area contributed by atoms with Crippen LogP contribution in [-0.4, -0.2) is 62.8 Å². The summed E-state index contributed by atoms with van der Waals surface area (Å²) in [6.45, 7) is 7.54. The summed E-state index contributed by atoms with van der Waals surface area (Å²) in [5.41, 5.74) is 2.57. The van der Waals surface area contributed by atoms with E-state index in [-0.39, 0.29) is 12.0 Å². The molecule has 5 heteroatoms. The highest BCUT2D eigenvalue weighted by Crippen LogP contribution is 2.21. The van der Waals surface area contributed by atoms with Crippen molar-refractivity contribution in [1.29, 1.82) is 0 Å². The van der Waals surface area contributed by atoms with Crippen LogP contribution in [0, 0.1) is 6.92 Å². The number of anilines is 1. The topological polar surface area (TPSA) is 44.8 Å². The normalized spacial score (nSPS) is 23.2. The standard InChI is InChI=1S/C16H23N3O2/c1-13-4-2-3-5-14(13)18-7-9-19(10-8-18)16(20)15-12-17-6-11-21-15/h2-5,15,17H,6-12H2,1H3. The number of carbonyl (C=O) groups excluding carboxylic acids is 1. The molecular formula is C16H23N3O2. The van der Waals surface area contributed by atoms with Gasteiger partial charge in [-0.25, -0.2) is 0 Å². The second kappa shape index (κ2) is 6.45. The van der Waals surface area contributed by atoms with Crippen LogP contribution in [0.1, 0.15) is 5.56 Å². The number of aryl methyl sites for hydroxylation is 1. The van der Waals surface area contributed by atoms with Gasteiger partial charge in [-0.05, 0) is 18.6 Å². The third-order valence-corrected chi connectivity index (χ3v) is 4.25. The zero-order valence-electron chi connectivity index (χ0n) is 12.5. The number of para-hydroxylation sites is 1. The quantitative estimate of drug-likeness (QED) is 0.867. The van der Waals surface area contributed by atoms with Crippen molar-refractivity contribution in [2.75, 3.05) is 50.8 Å². The zero-order chi connectivity index (χ0) is 14.7. The minimum Gasteiger partial charge on any atom is -0.368 e. The molecule has 1 aromatic carbocycles. The summed E-state index contributed by atoms with van der Waals surface area (Å²) < 4.78 is 5.56. The number of hydrogen-bond donors (Lipinski definition) is 1. The Morgan fingerprint density at radius 3 is 2.67 bits per heavy atom. The summed E-state index contributed by atoms with van der Waals surface area (Å²) in [6, 6.07) is 8.42. The number of benzene rings is 1. The van der Waals surface area contributed by atoms with Gasteiger partial charge in [-0.1, -0.05) is 18.2 Å². The molecule has 2 aliphatic heterocycles. The van der Waals surface area contributed by atoms with Crippen LogP contribution in [-0.2, 0) is 9.53 Å². The monoisotopic (exact) mass is 289 g/mol. The van der Waals surface area contributed by atoms with Crippen molar-refractivity contribution < 1.29 is 9.53 Å². The number of rotatable bonds is 2. The molecule has 3 rings (SSSR count). The molecule has 2 heterocycles. The fourth-order valence-electron chi connectivity index (χ4n) is 3.01. The van der Waals surface area contributed by atoms with E-state index in [2.05, 4.69) is 41.4 Å². The molecule has 1 atom stereocenters. The number of carbonyl (C=O) groups is 1. The van der Waals surface area contributed by atoms with Gasteiger partial charge in [-0.2, -0.15) is 0 Å². The van der Waals surface area contributed by atoms with Gasteiger partial charge in [-0.3, -0.25) is 4.79 Å². The summed E-state index contributed by atoms with van der Waals surface area (Å²) in [6.07, 6.45) is -0.302. The minimum atomic E-state index is -0.302. The second-order valence-corrected chi connectivity index (χ2v) is 5.66. The van der Waals surface area contributed by atoms with Crippen molar-refractivity contribution in [2.45, 2.75) is 13.0 Å². The molecule has 0 radical (unpaired) electrons. The van der Waals surface area contributed by atoms with Crippen molar-refractivity contribution in [1.82, 2.24) is 10.2 Å². The highest BCUT2D eigenvalue weighted by molar-refractivity contribution is 5.81. The zero-order valence-corrected chi connectivity index (χ0v) is 12.5. The van der Waals surface area contributed by atoms with Gasteiger partial charge in [0.25, 0.3) is 5.91 Å². The van der Waals surface area contributed by atoms with Gasteiger partial charge < -0.3 is 19.9 Å². The van der Waals surface area contributed by atoms with Gasteiger partial charge in [0.05, 0.1) is 6.61 Å². The van der Waals surface area contributed by atoms with E-state index in [1.54, 1.807) is 0 Å². The van der Waals surface area contributed by atoms with E-state index in [0.29, 0.717) is 13.2 Å². The second-order valence-electron chi connectivity index (χ2n) is 5.66. The lowest BCUT2D eigenvalue weighted by Crippen LogP contribution is -2.55. The van der Waals surface area contributed by atoms with E-state index in [1.807, 2.05) is 4.90 Å². The number of hydrogen-bond acceptors (Lipinski definition) is 4. The van der Waals surface area contributed by atoms with Gasteiger partial charge in [0.2, 0.25) is 0 Å². The Labute approximate surface area is 125 Å². The predicted octanol–water partition coefficient (Wildman–Crippen LogP) is 0.632. The van der Waals surface area contributed by atoms with E-state index in [1.165, 1.54) is 11.3 Å². The first kappa shape index (κ1) is 14.4. The van der Waals surface area contributed by atoms with Crippen molar-refractivity contribution >= 4 is 11.6 Å². The molecule has 1 N–H and O–H groups in total. The first-order valence-electron chi connectivity index (χ1n) is 7.67. The number of piperazine rings is 1.